The average molecular weight is 279 g/mol. The number of carbonyl (C=O) groups is 1. The lowest BCUT2D eigenvalue weighted by atomic mass is 10.2. The molecule has 3 nitrogen and oxygen atoms in total. The molecular weight excluding hydrogens is 265 g/mol. The molecule has 1 amide bonds. The van der Waals surface area contributed by atoms with E-state index in [4.69, 9.17) is 0 Å². The number of hydrogen-bond acceptors (Lipinski definition) is 3. The molecule has 5 heteroatoms. The van der Waals surface area contributed by atoms with E-state index in [1.165, 1.54) is 23.5 Å². The Kier molecular flexibility index (Phi) is 3.24. The standard InChI is InChI=1S/C14H14FNO2S/c15-10-3-4-12-9(6-10)7-13(19-12)14(18)16-5-1-2-11(16)8-17/h3-4,6-7,11,17H,1-2,5,8H2/t11-/m0/s1. The van der Waals surface area contributed by atoms with E-state index >= 15 is 0 Å². The molecule has 3 rings (SSSR count). The third-order valence-electron chi connectivity index (χ3n) is 3.54. The molecule has 0 saturated carbocycles. The van der Waals surface area contributed by atoms with Gasteiger partial charge in [-0.3, -0.25) is 4.79 Å². The molecule has 1 aliphatic heterocycles. The lowest BCUT2D eigenvalue weighted by molar-refractivity contribution is 0.0682. The zero-order chi connectivity index (χ0) is 13.4. The van der Waals surface area contributed by atoms with Gasteiger partial charge >= 0.3 is 0 Å². The van der Waals surface area contributed by atoms with Crippen LogP contribution in [0.15, 0.2) is 24.3 Å². The van der Waals surface area contributed by atoms with Gasteiger partial charge < -0.3 is 10.0 Å². The van der Waals surface area contributed by atoms with Gasteiger partial charge in [-0.15, -0.1) is 11.3 Å². The third kappa shape index (κ3) is 2.24. The van der Waals surface area contributed by atoms with Crippen LogP contribution >= 0.6 is 11.3 Å². The highest BCUT2D eigenvalue weighted by Crippen LogP contribution is 2.29. The summed E-state index contributed by atoms with van der Waals surface area (Å²) in [4.78, 5) is 14.7. The van der Waals surface area contributed by atoms with Crippen molar-refractivity contribution < 1.29 is 14.3 Å². The molecule has 19 heavy (non-hydrogen) atoms. The van der Waals surface area contributed by atoms with Crippen LogP contribution in [0.2, 0.25) is 0 Å². The molecule has 1 saturated heterocycles. The van der Waals surface area contributed by atoms with Crippen molar-refractivity contribution in [2.45, 2.75) is 18.9 Å². The van der Waals surface area contributed by atoms with Crippen molar-refractivity contribution in [1.29, 1.82) is 0 Å². The summed E-state index contributed by atoms with van der Waals surface area (Å²) in [6.07, 6.45) is 1.78. The van der Waals surface area contributed by atoms with Gasteiger partial charge in [0.15, 0.2) is 0 Å². The normalized spacial score (nSPS) is 19.3. The summed E-state index contributed by atoms with van der Waals surface area (Å²) in [5, 5.41) is 10.0. The maximum atomic E-state index is 13.1. The number of rotatable bonds is 2. The predicted molar refractivity (Wildman–Crippen MR) is 72.9 cm³/mol. The topological polar surface area (TPSA) is 40.5 Å². The fraction of sp³-hybridized carbons (Fsp3) is 0.357. The summed E-state index contributed by atoms with van der Waals surface area (Å²) in [5.41, 5.74) is 0. The van der Waals surface area contributed by atoms with Crippen molar-refractivity contribution in [3.05, 3.63) is 35.0 Å². The molecule has 0 radical (unpaired) electrons. The van der Waals surface area contributed by atoms with Crippen molar-refractivity contribution in [2.75, 3.05) is 13.2 Å². The number of likely N-dealkylation sites (tertiary alicyclic amines) is 1. The number of benzene rings is 1. The van der Waals surface area contributed by atoms with Crippen molar-refractivity contribution in [3.63, 3.8) is 0 Å². The van der Waals surface area contributed by atoms with Gasteiger partial charge in [-0.1, -0.05) is 0 Å². The van der Waals surface area contributed by atoms with Crippen molar-refractivity contribution in [2.24, 2.45) is 0 Å². The molecule has 0 unspecified atom stereocenters. The Morgan fingerprint density at radius 1 is 1.47 bits per heavy atom. The second kappa shape index (κ2) is 4.90. The van der Waals surface area contributed by atoms with E-state index in [0.717, 1.165) is 22.9 Å². The maximum Gasteiger partial charge on any atom is 0.264 e. The zero-order valence-corrected chi connectivity index (χ0v) is 11.1. The Morgan fingerprint density at radius 3 is 3.11 bits per heavy atom. The molecule has 2 aromatic rings. The Morgan fingerprint density at radius 2 is 2.32 bits per heavy atom. The Hall–Kier alpha value is -1.46. The first kappa shape index (κ1) is 12.6. The number of fused-ring (bicyclic) bond motifs is 1. The highest BCUT2D eigenvalue weighted by atomic mass is 32.1. The first-order valence-corrected chi connectivity index (χ1v) is 7.11. The maximum absolute atomic E-state index is 13.1. The quantitative estimate of drug-likeness (QED) is 0.918. The minimum Gasteiger partial charge on any atom is -0.394 e. The summed E-state index contributed by atoms with van der Waals surface area (Å²) in [6, 6.07) is 6.20. The first-order chi connectivity index (χ1) is 9.19. The summed E-state index contributed by atoms with van der Waals surface area (Å²) in [5.74, 6) is -0.350. The molecule has 1 N–H and O–H groups in total. The van der Waals surface area contributed by atoms with Gasteiger partial charge in [0.2, 0.25) is 0 Å². The molecule has 2 heterocycles. The summed E-state index contributed by atoms with van der Waals surface area (Å²) < 4.78 is 14.0. The molecule has 1 atom stereocenters. The largest absolute Gasteiger partial charge is 0.394 e. The SMILES string of the molecule is O=C(c1cc2cc(F)ccc2s1)N1CCC[C@H]1CO. The van der Waals surface area contributed by atoms with Gasteiger partial charge in [0.1, 0.15) is 5.82 Å². The molecule has 1 fully saturated rings. The van der Waals surface area contributed by atoms with Gasteiger partial charge in [0, 0.05) is 11.2 Å². The average Bonchev–Trinajstić information content (AvgIpc) is 3.03. The molecule has 100 valence electrons. The Bertz CT molecular complexity index is 625. The van der Waals surface area contributed by atoms with Gasteiger partial charge in [0.25, 0.3) is 5.91 Å². The van der Waals surface area contributed by atoms with E-state index in [0.29, 0.717) is 11.4 Å². The van der Waals surface area contributed by atoms with Crippen molar-refractivity contribution in [3.8, 4) is 0 Å². The number of hydrogen-bond donors (Lipinski definition) is 1. The number of halogens is 1. The minimum absolute atomic E-state index is 0.00522. The first-order valence-electron chi connectivity index (χ1n) is 6.30. The number of thiophene rings is 1. The van der Waals surface area contributed by atoms with Gasteiger partial charge in [-0.2, -0.15) is 0 Å². The Labute approximate surface area is 114 Å². The third-order valence-corrected chi connectivity index (χ3v) is 4.64. The van der Waals surface area contributed by atoms with Crippen LogP contribution in [0, 0.1) is 5.82 Å². The van der Waals surface area contributed by atoms with Crippen LogP contribution in [0.1, 0.15) is 22.5 Å². The number of carbonyl (C=O) groups excluding carboxylic acids is 1. The number of amides is 1. The molecular formula is C14H14FNO2S. The van der Waals surface area contributed by atoms with Crippen LogP contribution in [-0.2, 0) is 0 Å². The highest BCUT2D eigenvalue weighted by Gasteiger charge is 2.29. The van der Waals surface area contributed by atoms with E-state index in [-0.39, 0.29) is 24.4 Å². The van der Waals surface area contributed by atoms with Gasteiger partial charge in [-0.05, 0) is 42.5 Å². The molecule has 1 aromatic carbocycles. The minimum atomic E-state index is -0.293. The monoisotopic (exact) mass is 279 g/mol. The van der Waals surface area contributed by atoms with Crippen LogP contribution in [0.3, 0.4) is 0 Å². The van der Waals surface area contributed by atoms with Crippen LogP contribution in [-0.4, -0.2) is 35.1 Å². The van der Waals surface area contributed by atoms with E-state index < -0.39 is 0 Å². The second-order valence-electron chi connectivity index (χ2n) is 4.77. The summed E-state index contributed by atoms with van der Waals surface area (Å²) >= 11 is 1.37. The molecule has 1 aliphatic rings. The van der Waals surface area contributed by atoms with Crippen LogP contribution in [0.25, 0.3) is 10.1 Å². The molecule has 0 bridgehead atoms. The predicted octanol–water partition coefficient (Wildman–Crippen LogP) is 2.64. The number of nitrogens with zero attached hydrogens (tertiary/aromatic N) is 1. The number of aliphatic hydroxyl groups excluding tert-OH is 1. The van der Waals surface area contributed by atoms with Crippen LogP contribution < -0.4 is 0 Å². The molecule has 1 aromatic heterocycles. The van der Waals surface area contributed by atoms with E-state index in [1.54, 1.807) is 17.0 Å². The second-order valence-corrected chi connectivity index (χ2v) is 5.85. The van der Waals surface area contributed by atoms with Crippen molar-refractivity contribution in [1.82, 2.24) is 4.90 Å². The lowest BCUT2D eigenvalue weighted by Crippen LogP contribution is -2.37. The smallest absolute Gasteiger partial charge is 0.264 e. The molecule has 0 aliphatic carbocycles. The highest BCUT2D eigenvalue weighted by molar-refractivity contribution is 7.20. The zero-order valence-electron chi connectivity index (χ0n) is 10.3. The van der Waals surface area contributed by atoms with Crippen LogP contribution in [0.4, 0.5) is 4.39 Å². The fourth-order valence-electron chi connectivity index (χ4n) is 2.55. The van der Waals surface area contributed by atoms with Crippen LogP contribution in [0.5, 0.6) is 0 Å². The van der Waals surface area contributed by atoms with Gasteiger partial charge in [0.05, 0.1) is 17.5 Å². The van der Waals surface area contributed by atoms with Gasteiger partial charge in [-0.25, -0.2) is 4.39 Å². The number of aliphatic hydroxyl groups is 1. The van der Waals surface area contributed by atoms with E-state index in [2.05, 4.69) is 0 Å². The lowest BCUT2D eigenvalue weighted by Gasteiger charge is -2.22. The Balaban J connectivity index is 1.93. The molecule has 0 spiro atoms. The van der Waals surface area contributed by atoms with E-state index in [9.17, 15) is 14.3 Å². The fourth-order valence-corrected chi connectivity index (χ4v) is 3.55. The summed E-state index contributed by atoms with van der Waals surface area (Å²) in [6.45, 7) is 0.692. The van der Waals surface area contributed by atoms with E-state index in [1.807, 2.05) is 0 Å². The summed E-state index contributed by atoms with van der Waals surface area (Å²) in [7, 11) is 0. The van der Waals surface area contributed by atoms with Crippen molar-refractivity contribution >= 4 is 27.3 Å².